The van der Waals surface area contributed by atoms with Crippen molar-refractivity contribution >= 4 is 29.0 Å². The highest BCUT2D eigenvalue weighted by Gasteiger charge is 2.25. The van der Waals surface area contributed by atoms with Crippen LogP contribution in [0.2, 0.25) is 0 Å². The molecule has 0 saturated carbocycles. The molecule has 0 radical (unpaired) electrons. The highest BCUT2D eigenvalue weighted by molar-refractivity contribution is 5.93. The maximum Gasteiger partial charge on any atom is 0.225 e. The van der Waals surface area contributed by atoms with Crippen molar-refractivity contribution < 1.29 is 28.7 Å². The van der Waals surface area contributed by atoms with E-state index in [0.29, 0.717) is 18.5 Å². The van der Waals surface area contributed by atoms with Gasteiger partial charge in [-0.15, -0.1) is 5.10 Å². The van der Waals surface area contributed by atoms with Crippen LogP contribution in [0.25, 0.3) is 0 Å². The highest BCUT2D eigenvalue weighted by atomic mass is 16.5. The molecule has 0 bridgehead atoms. The molecule has 1 amide bonds. The first-order chi connectivity index (χ1) is 15.6. The number of ketones is 4. The molecule has 0 fully saturated rings. The van der Waals surface area contributed by atoms with Gasteiger partial charge in [0.1, 0.15) is 17.3 Å². The summed E-state index contributed by atoms with van der Waals surface area (Å²) >= 11 is 0. The first-order valence-electron chi connectivity index (χ1n) is 11.3. The van der Waals surface area contributed by atoms with Crippen molar-refractivity contribution in [3.63, 3.8) is 0 Å². The SMILES string of the molecule is CCC(CC(=O)CN(CC(=O)CC(CC)C(C)=O)C(=O)CCOCc1cn(C)nn1)C(C)=O. The fourth-order valence-corrected chi connectivity index (χ4v) is 3.44. The van der Waals surface area contributed by atoms with E-state index in [-0.39, 0.29) is 68.7 Å². The summed E-state index contributed by atoms with van der Waals surface area (Å²) in [5, 5.41) is 7.69. The third-order valence-electron chi connectivity index (χ3n) is 5.53. The Labute approximate surface area is 195 Å². The second-order valence-electron chi connectivity index (χ2n) is 8.35. The van der Waals surface area contributed by atoms with Gasteiger partial charge in [-0.2, -0.15) is 0 Å². The Morgan fingerprint density at radius 3 is 1.88 bits per heavy atom. The van der Waals surface area contributed by atoms with Crippen LogP contribution in [0.5, 0.6) is 0 Å². The lowest BCUT2D eigenvalue weighted by Crippen LogP contribution is -2.41. The van der Waals surface area contributed by atoms with Crippen LogP contribution < -0.4 is 0 Å². The number of hydrogen-bond donors (Lipinski definition) is 0. The van der Waals surface area contributed by atoms with Gasteiger partial charge in [-0.25, -0.2) is 0 Å². The molecule has 1 aromatic heterocycles. The van der Waals surface area contributed by atoms with Gasteiger partial charge in [0.05, 0.1) is 38.9 Å². The lowest BCUT2D eigenvalue weighted by atomic mass is 9.94. The summed E-state index contributed by atoms with van der Waals surface area (Å²) in [6.45, 7) is 6.30. The van der Waals surface area contributed by atoms with E-state index >= 15 is 0 Å². The molecule has 0 aromatic carbocycles. The summed E-state index contributed by atoms with van der Waals surface area (Å²) in [6, 6.07) is 0. The zero-order valence-corrected chi connectivity index (χ0v) is 20.3. The minimum atomic E-state index is -0.400. The second-order valence-corrected chi connectivity index (χ2v) is 8.35. The molecule has 0 aliphatic rings. The number of hydrogen-bond acceptors (Lipinski definition) is 8. The van der Waals surface area contributed by atoms with Crippen LogP contribution in [0, 0.1) is 11.8 Å². The molecule has 2 atom stereocenters. The Morgan fingerprint density at radius 1 is 0.970 bits per heavy atom. The van der Waals surface area contributed by atoms with Gasteiger partial charge >= 0.3 is 0 Å². The van der Waals surface area contributed by atoms with E-state index in [1.54, 1.807) is 13.2 Å². The maximum absolute atomic E-state index is 12.8. The summed E-state index contributed by atoms with van der Waals surface area (Å²) < 4.78 is 7.01. The van der Waals surface area contributed by atoms with Gasteiger partial charge in [0.25, 0.3) is 0 Å². The molecule has 1 rings (SSSR count). The molecule has 10 heteroatoms. The van der Waals surface area contributed by atoms with Gasteiger partial charge in [-0.3, -0.25) is 28.7 Å². The Kier molecular flexibility index (Phi) is 12.3. The van der Waals surface area contributed by atoms with Crippen LogP contribution in [-0.2, 0) is 42.4 Å². The molecule has 0 aliphatic heterocycles. The Balaban J connectivity index is 2.74. The van der Waals surface area contributed by atoms with Gasteiger partial charge in [-0.05, 0) is 26.7 Å². The zero-order valence-electron chi connectivity index (χ0n) is 20.3. The molecule has 1 aromatic rings. The molecule has 0 N–H and O–H groups in total. The number of carbonyl (C=O) groups is 5. The van der Waals surface area contributed by atoms with Crippen LogP contribution in [-0.4, -0.2) is 68.6 Å². The van der Waals surface area contributed by atoms with E-state index in [2.05, 4.69) is 10.3 Å². The first kappa shape index (κ1) is 28.3. The predicted molar refractivity (Wildman–Crippen MR) is 120 cm³/mol. The number of aromatic nitrogens is 3. The van der Waals surface area contributed by atoms with Gasteiger partial charge in [0.2, 0.25) is 5.91 Å². The van der Waals surface area contributed by atoms with Crippen molar-refractivity contribution in [2.24, 2.45) is 18.9 Å². The smallest absolute Gasteiger partial charge is 0.225 e. The predicted octanol–water partition coefficient (Wildman–Crippen LogP) is 1.70. The van der Waals surface area contributed by atoms with Gasteiger partial charge in [-0.1, -0.05) is 19.1 Å². The lowest BCUT2D eigenvalue weighted by Gasteiger charge is -2.23. The van der Waals surface area contributed by atoms with Crippen molar-refractivity contribution in [2.45, 2.75) is 66.4 Å². The van der Waals surface area contributed by atoms with Crippen molar-refractivity contribution in [1.82, 2.24) is 19.9 Å². The van der Waals surface area contributed by atoms with Gasteiger partial charge in [0, 0.05) is 31.7 Å². The van der Waals surface area contributed by atoms with E-state index in [4.69, 9.17) is 4.74 Å². The van der Waals surface area contributed by atoms with Crippen LogP contribution in [0.3, 0.4) is 0 Å². The second kappa shape index (κ2) is 14.4. The minimum Gasteiger partial charge on any atom is -0.374 e. The number of aryl methyl sites for hydroxylation is 1. The molecule has 184 valence electrons. The minimum absolute atomic E-state index is 0.0192. The number of nitrogens with zero attached hydrogens (tertiary/aromatic N) is 4. The summed E-state index contributed by atoms with van der Waals surface area (Å²) in [4.78, 5) is 62.4. The van der Waals surface area contributed by atoms with Crippen molar-refractivity contribution in [2.75, 3.05) is 19.7 Å². The molecule has 2 unspecified atom stereocenters. The largest absolute Gasteiger partial charge is 0.374 e. The normalized spacial score (nSPS) is 12.8. The van der Waals surface area contributed by atoms with E-state index < -0.39 is 17.7 Å². The number of ether oxygens (including phenoxy) is 1. The average molecular weight is 465 g/mol. The highest BCUT2D eigenvalue weighted by Crippen LogP contribution is 2.13. The lowest BCUT2D eigenvalue weighted by molar-refractivity contribution is -0.140. The molecule has 0 saturated heterocycles. The monoisotopic (exact) mass is 464 g/mol. The fourth-order valence-electron chi connectivity index (χ4n) is 3.44. The van der Waals surface area contributed by atoms with E-state index in [1.165, 1.54) is 23.4 Å². The van der Waals surface area contributed by atoms with Crippen LogP contribution >= 0.6 is 0 Å². The summed E-state index contributed by atoms with van der Waals surface area (Å²) in [6.07, 6.45) is 2.79. The topological polar surface area (TPSA) is 129 Å². The molecule has 0 spiro atoms. The van der Waals surface area contributed by atoms with E-state index in [9.17, 15) is 24.0 Å². The maximum atomic E-state index is 12.8. The van der Waals surface area contributed by atoms with E-state index in [1.807, 2.05) is 13.8 Å². The van der Waals surface area contributed by atoms with Gasteiger partial charge in [0.15, 0.2) is 11.6 Å². The molecular formula is C23H36N4O6. The number of amides is 1. The van der Waals surface area contributed by atoms with Crippen molar-refractivity contribution in [3.05, 3.63) is 11.9 Å². The Bertz CT molecular complexity index is 797. The quantitative estimate of drug-likeness (QED) is 0.319. The molecule has 1 heterocycles. The molecule has 33 heavy (non-hydrogen) atoms. The number of rotatable bonds is 17. The number of Topliss-reactive ketones (excluding diaryl/α,β-unsaturated/α-hetero) is 4. The Morgan fingerprint density at radius 2 is 1.48 bits per heavy atom. The first-order valence-corrected chi connectivity index (χ1v) is 11.3. The van der Waals surface area contributed by atoms with Crippen molar-refractivity contribution in [3.8, 4) is 0 Å². The summed E-state index contributed by atoms with van der Waals surface area (Å²) in [5.74, 6) is -1.92. The molecule has 0 aliphatic carbocycles. The van der Waals surface area contributed by atoms with Gasteiger partial charge < -0.3 is 9.64 Å². The summed E-state index contributed by atoms with van der Waals surface area (Å²) in [7, 11) is 1.73. The van der Waals surface area contributed by atoms with E-state index in [0.717, 1.165) is 0 Å². The third-order valence-corrected chi connectivity index (χ3v) is 5.53. The third kappa shape index (κ3) is 10.6. The van der Waals surface area contributed by atoms with Crippen LogP contribution in [0.1, 0.15) is 65.5 Å². The molecule has 10 nitrogen and oxygen atoms in total. The molecular weight excluding hydrogens is 428 g/mol. The fraction of sp³-hybridized carbons (Fsp3) is 0.696. The van der Waals surface area contributed by atoms with Crippen LogP contribution in [0.15, 0.2) is 6.20 Å². The number of carbonyl (C=O) groups excluding carboxylic acids is 5. The zero-order chi connectivity index (χ0) is 25.0. The standard InChI is InChI=1S/C23H36N4O6/c1-6-18(16(3)28)10-21(30)13-27(14-22(31)11-19(7-2)17(4)29)23(32)8-9-33-15-20-12-26(5)25-24-20/h12,18-19H,6-11,13-15H2,1-5H3. The van der Waals surface area contributed by atoms with Crippen LogP contribution in [0.4, 0.5) is 0 Å². The van der Waals surface area contributed by atoms with Crippen molar-refractivity contribution in [1.29, 1.82) is 0 Å². The summed E-state index contributed by atoms with van der Waals surface area (Å²) in [5.41, 5.74) is 0.622. The Hall–Kier alpha value is -2.75. The average Bonchev–Trinajstić information content (AvgIpc) is 3.17.